The van der Waals surface area contributed by atoms with E-state index in [0.29, 0.717) is 5.69 Å². The molecule has 0 unspecified atom stereocenters. The maximum absolute atomic E-state index is 12.9. The number of aromatic nitrogens is 1. The number of benzene rings is 1. The summed E-state index contributed by atoms with van der Waals surface area (Å²) in [5.41, 5.74) is 3.59. The van der Waals surface area contributed by atoms with Gasteiger partial charge < -0.3 is 10.2 Å². The Morgan fingerprint density at radius 1 is 1.22 bits per heavy atom. The fourth-order valence-electron chi connectivity index (χ4n) is 2.94. The topological polar surface area (TPSA) is 45.2 Å². The van der Waals surface area contributed by atoms with E-state index >= 15 is 0 Å². The van der Waals surface area contributed by atoms with E-state index in [9.17, 15) is 4.79 Å². The molecule has 23 heavy (non-hydrogen) atoms. The molecule has 4 nitrogen and oxygen atoms in total. The van der Waals surface area contributed by atoms with E-state index in [1.807, 2.05) is 35.2 Å². The van der Waals surface area contributed by atoms with Crippen molar-refractivity contribution >= 4 is 17.3 Å². The summed E-state index contributed by atoms with van der Waals surface area (Å²) in [5, 5.41) is 3.39. The number of carbonyl (C=O) groups is 1. The van der Waals surface area contributed by atoms with Crippen LogP contribution in [0.3, 0.4) is 0 Å². The van der Waals surface area contributed by atoms with E-state index in [1.54, 1.807) is 6.20 Å². The van der Waals surface area contributed by atoms with Crippen LogP contribution >= 0.6 is 0 Å². The minimum Gasteiger partial charge on any atom is -0.380 e. The molecule has 1 aliphatic rings. The molecule has 0 radical (unpaired) electrons. The first-order valence-electron chi connectivity index (χ1n) is 8.08. The number of nitrogens with zero attached hydrogens (tertiary/aromatic N) is 2. The number of hydrogen-bond acceptors (Lipinski definition) is 3. The molecule has 1 amide bonds. The van der Waals surface area contributed by atoms with Gasteiger partial charge in [0.05, 0.1) is 0 Å². The molecule has 2 aromatic rings. The number of nitrogens with one attached hydrogen (secondary N) is 1. The molecule has 0 spiro atoms. The summed E-state index contributed by atoms with van der Waals surface area (Å²) >= 11 is 0. The van der Waals surface area contributed by atoms with Crippen molar-refractivity contribution in [2.45, 2.75) is 39.2 Å². The number of hydrogen-bond donors (Lipinski definition) is 1. The first-order chi connectivity index (χ1) is 10.9. The number of pyridine rings is 1. The molecule has 4 heteroatoms. The fraction of sp³-hybridized carbons (Fsp3) is 0.368. The number of para-hydroxylation sites is 1. The molecule has 2 heterocycles. The van der Waals surface area contributed by atoms with Crippen LogP contribution in [0.2, 0.25) is 0 Å². The predicted octanol–water partition coefficient (Wildman–Crippen LogP) is 3.89. The SMILES string of the molecule is CC(C)(C)Nc1ccnc(C(=O)N2CCCc3ccccc32)c1. The number of fused-ring (bicyclic) bond motifs is 1. The zero-order valence-corrected chi connectivity index (χ0v) is 14.0. The number of aryl methyl sites for hydroxylation is 1. The largest absolute Gasteiger partial charge is 0.380 e. The van der Waals surface area contributed by atoms with Crippen molar-refractivity contribution in [1.29, 1.82) is 0 Å². The van der Waals surface area contributed by atoms with Gasteiger partial charge in [-0.25, -0.2) is 0 Å². The summed E-state index contributed by atoms with van der Waals surface area (Å²) in [5.74, 6) is -0.0327. The molecule has 0 atom stereocenters. The molecule has 0 saturated heterocycles. The zero-order valence-electron chi connectivity index (χ0n) is 14.0. The van der Waals surface area contributed by atoms with Crippen molar-refractivity contribution in [1.82, 2.24) is 4.98 Å². The van der Waals surface area contributed by atoms with E-state index in [4.69, 9.17) is 0 Å². The maximum Gasteiger partial charge on any atom is 0.276 e. The van der Waals surface area contributed by atoms with E-state index in [-0.39, 0.29) is 11.4 Å². The molecule has 0 fully saturated rings. The second-order valence-electron chi connectivity index (χ2n) is 6.99. The smallest absolute Gasteiger partial charge is 0.276 e. The Morgan fingerprint density at radius 3 is 2.78 bits per heavy atom. The molecular formula is C19H23N3O. The van der Waals surface area contributed by atoms with Crippen LogP contribution in [0.5, 0.6) is 0 Å². The lowest BCUT2D eigenvalue weighted by Gasteiger charge is -2.29. The minimum absolute atomic E-state index is 0.0327. The van der Waals surface area contributed by atoms with Crippen LogP contribution in [0.1, 0.15) is 43.2 Å². The van der Waals surface area contributed by atoms with Crippen molar-refractivity contribution in [2.75, 3.05) is 16.8 Å². The summed E-state index contributed by atoms with van der Waals surface area (Å²) in [6.45, 7) is 7.02. The third kappa shape index (κ3) is 3.52. The van der Waals surface area contributed by atoms with Crippen LogP contribution in [0, 0.1) is 0 Å². The summed E-state index contributed by atoms with van der Waals surface area (Å²) in [6.07, 6.45) is 3.71. The molecule has 1 aromatic heterocycles. The third-order valence-electron chi connectivity index (χ3n) is 3.85. The highest BCUT2D eigenvalue weighted by Crippen LogP contribution is 2.28. The average molecular weight is 309 g/mol. The zero-order chi connectivity index (χ0) is 16.4. The lowest BCUT2D eigenvalue weighted by atomic mass is 10.0. The number of carbonyl (C=O) groups excluding carboxylic acids is 1. The molecule has 120 valence electrons. The minimum atomic E-state index is -0.0562. The van der Waals surface area contributed by atoms with Gasteiger partial charge in [-0.1, -0.05) is 18.2 Å². The van der Waals surface area contributed by atoms with Gasteiger partial charge in [0.25, 0.3) is 5.91 Å². The van der Waals surface area contributed by atoms with Gasteiger partial charge in [0, 0.05) is 29.7 Å². The quantitative estimate of drug-likeness (QED) is 0.915. The van der Waals surface area contributed by atoms with Crippen molar-refractivity contribution in [3.63, 3.8) is 0 Å². The molecule has 0 bridgehead atoms. The monoisotopic (exact) mass is 309 g/mol. The van der Waals surface area contributed by atoms with Crippen LogP contribution < -0.4 is 10.2 Å². The fourth-order valence-corrected chi connectivity index (χ4v) is 2.94. The van der Waals surface area contributed by atoms with Crippen LogP contribution in [-0.2, 0) is 6.42 Å². The predicted molar refractivity (Wildman–Crippen MR) is 94.1 cm³/mol. The van der Waals surface area contributed by atoms with Gasteiger partial charge in [-0.3, -0.25) is 9.78 Å². The molecule has 1 N–H and O–H groups in total. The van der Waals surface area contributed by atoms with E-state index < -0.39 is 0 Å². The Kier molecular flexibility index (Phi) is 4.07. The first-order valence-corrected chi connectivity index (χ1v) is 8.08. The van der Waals surface area contributed by atoms with Crippen LogP contribution in [0.15, 0.2) is 42.6 Å². The lowest BCUT2D eigenvalue weighted by molar-refractivity contribution is 0.0980. The molecular weight excluding hydrogens is 286 g/mol. The van der Waals surface area contributed by atoms with Gasteiger partial charge in [0.2, 0.25) is 0 Å². The van der Waals surface area contributed by atoms with E-state index in [2.05, 4.69) is 37.1 Å². The summed E-state index contributed by atoms with van der Waals surface area (Å²) in [4.78, 5) is 19.1. The highest BCUT2D eigenvalue weighted by Gasteiger charge is 2.24. The molecule has 0 saturated carbocycles. The average Bonchev–Trinajstić information content (AvgIpc) is 2.52. The van der Waals surface area contributed by atoms with Crippen LogP contribution in [-0.4, -0.2) is 23.0 Å². The second-order valence-corrected chi connectivity index (χ2v) is 6.99. The van der Waals surface area contributed by atoms with Crippen LogP contribution in [0.25, 0.3) is 0 Å². The van der Waals surface area contributed by atoms with Gasteiger partial charge in [0.1, 0.15) is 5.69 Å². The number of anilines is 2. The Hall–Kier alpha value is -2.36. The van der Waals surface area contributed by atoms with Gasteiger partial charge >= 0.3 is 0 Å². The molecule has 1 aromatic carbocycles. The molecule has 1 aliphatic heterocycles. The van der Waals surface area contributed by atoms with E-state index in [0.717, 1.165) is 30.8 Å². The highest BCUT2D eigenvalue weighted by molar-refractivity contribution is 6.05. The third-order valence-corrected chi connectivity index (χ3v) is 3.85. The second kappa shape index (κ2) is 6.03. The Morgan fingerprint density at radius 2 is 2.00 bits per heavy atom. The van der Waals surface area contributed by atoms with Crippen LogP contribution in [0.4, 0.5) is 11.4 Å². The van der Waals surface area contributed by atoms with Gasteiger partial charge in [-0.15, -0.1) is 0 Å². The Balaban J connectivity index is 1.88. The van der Waals surface area contributed by atoms with Gasteiger partial charge in [-0.2, -0.15) is 0 Å². The summed E-state index contributed by atoms with van der Waals surface area (Å²) in [6, 6.07) is 11.9. The normalized spacial score (nSPS) is 14.3. The van der Waals surface area contributed by atoms with Gasteiger partial charge in [0.15, 0.2) is 0 Å². The standard InChI is InChI=1S/C19H23N3O/c1-19(2,3)21-15-10-11-20-16(13-15)18(23)22-12-6-8-14-7-4-5-9-17(14)22/h4-5,7,9-11,13H,6,8,12H2,1-3H3,(H,20,21). The maximum atomic E-state index is 12.9. The Bertz CT molecular complexity index is 719. The van der Waals surface area contributed by atoms with E-state index in [1.165, 1.54) is 5.56 Å². The molecule has 0 aliphatic carbocycles. The van der Waals surface area contributed by atoms with Crippen molar-refractivity contribution in [3.8, 4) is 0 Å². The summed E-state index contributed by atoms with van der Waals surface area (Å²) in [7, 11) is 0. The van der Waals surface area contributed by atoms with Crippen molar-refractivity contribution in [3.05, 3.63) is 53.9 Å². The number of rotatable bonds is 2. The first kappa shape index (κ1) is 15.5. The lowest BCUT2D eigenvalue weighted by Crippen LogP contribution is -2.36. The van der Waals surface area contributed by atoms with Gasteiger partial charge in [-0.05, 0) is 57.4 Å². The number of amides is 1. The molecule has 3 rings (SSSR count). The van der Waals surface area contributed by atoms with Crippen molar-refractivity contribution < 1.29 is 4.79 Å². The highest BCUT2D eigenvalue weighted by atomic mass is 16.2. The Labute approximate surface area is 137 Å². The summed E-state index contributed by atoms with van der Waals surface area (Å²) < 4.78 is 0. The van der Waals surface area contributed by atoms with Crippen molar-refractivity contribution in [2.24, 2.45) is 0 Å².